The van der Waals surface area contributed by atoms with Gasteiger partial charge >= 0.3 is 0 Å². The van der Waals surface area contributed by atoms with Crippen LogP contribution in [0, 0.1) is 0 Å². The van der Waals surface area contributed by atoms with Crippen LogP contribution in [-0.4, -0.2) is 41.7 Å². The van der Waals surface area contributed by atoms with Crippen molar-refractivity contribution in [2.75, 3.05) is 26.2 Å². The summed E-state index contributed by atoms with van der Waals surface area (Å²) in [5.74, 6) is 0. The number of hydrogen-bond acceptors (Lipinski definition) is 3. The summed E-state index contributed by atoms with van der Waals surface area (Å²) in [5, 5.41) is 13.6. The van der Waals surface area contributed by atoms with Crippen LogP contribution in [0.5, 0.6) is 0 Å². The van der Waals surface area contributed by atoms with Gasteiger partial charge in [0, 0.05) is 31.7 Å². The summed E-state index contributed by atoms with van der Waals surface area (Å²) in [6.45, 7) is 8.13. The molecule has 0 spiro atoms. The van der Waals surface area contributed by atoms with Gasteiger partial charge in [-0.05, 0) is 19.4 Å². The van der Waals surface area contributed by atoms with E-state index in [-0.39, 0.29) is 5.54 Å². The molecule has 1 saturated heterocycles. The number of aliphatic hydroxyl groups excluding tert-OH is 1. The second kappa shape index (κ2) is 5.17. The van der Waals surface area contributed by atoms with Gasteiger partial charge in [-0.15, -0.1) is 0 Å². The van der Waals surface area contributed by atoms with E-state index < -0.39 is 6.10 Å². The molecule has 1 aromatic carbocycles. The number of piperazine rings is 1. The van der Waals surface area contributed by atoms with Crippen LogP contribution >= 0.6 is 0 Å². The third-order valence-corrected chi connectivity index (χ3v) is 3.55. The molecule has 17 heavy (non-hydrogen) atoms. The molecule has 0 amide bonds. The van der Waals surface area contributed by atoms with E-state index in [4.69, 9.17) is 0 Å². The summed E-state index contributed by atoms with van der Waals surface area (Å²) in [5.41, 5.74) is 1.12. The minimum atomic E-state index is -0.395. The molecule has 1 fully saturated rings. The van der Waals surface area contributed by atoms with E-state index in [0.717, 1.165) is 25.2 Å². The highest BCUT2D eigenvalue weighted by Gasteiger charge is 2.30. The van der Waals surface area contributed by atoms with E-state index in [1.54, 1.807) is 0 Å². The number of β-amino-alcohol motifs (C(OH)–C–C–N with tert-alkyl or cyclic N) is 1. The first-order valence-corrected chi connectivity index (χ1v) is 6.28. The summed E-state index contributed by atoms with van der Waals surface area (Å²) in [7, 11) is 0. The first-order chi connectivity index (χ1) is 8.09. The van der Waals surface area contributed by atoms with Gasteiger partial charge in [0.15, 0.2) is 0 Å². The normalized spacial score (nSPS) is 22.3. The fourth-order valence-corrected chi connectivity index (χ4v) is 2.35. The fraction of sp³-hybridized carbons (Fsp3) is 0.571. The van der Waals surface area contributed by atoms with Crippen molar-refractivity contribution in [3.8, 4) is 0 Å². The molecule has 1 unspecified atom stereocenters. The average Bonchev–Trinajstić information content (AvgIpc) is 2.33. The van der Waals surface area contributed by atoms with E-state index in [2.05, 4.69) is 24.1 Å². The minimum Gasteiger partial charge on any atom is -0.387 e. The van der Waals surface area contributed by atoms with E-state index >= 15 is 0 Å². The Kier molecular flexibility index (Phi) is 3.82. The molecule has 0 aromatic heterocycles. The first-order valence-electron chi connectivity index (χ1n) is 6.28. The van der Waals surface area contributed by atoms with Crippen LogP contribution in [-0.2, 0) is 0 Å². The number of hydrogen-bond donors (Lipinski definition) is 2. The molecule has 1 aromatic rings. The van der Waals surface area contributed by atoms with Crippen molar-refractivity contribution in [2.45, 2.75) is 25.5 Å². The van der Waals surface area contributed by atoms with Gasteiger partial charge in [-0.3, -0.25) is 4.90 Å². The van der Waals surface area contributed by atoms with Crippen molar-refractivity contribution in [2.24, 2.45) is 0 Å². The Hall–Kier alpha value is -0.900. The lowest BCUT2D eigenvalue weighted by Crippen LogP contribution is -2.58. The SMILES string of the molecule is CC1(C)CNCCN1CC(O)c1ccccc1. The van der Waals surface area contributed by atoms with Crippen LogP contribution in [0.15, 0.2) is 30.3 Å². The maximum atomic E-state index is 10.2. The smallest absolute Gasteiger partial charge is 0.0917 e. The lowest BCUT2D eigenvalue weighted by Gasteiger charge is -2.43. The van der Waals surface area contributed by atoms with Crippen LogP contribution in [0.4, 0.5) is 0 Å². The van der Waals surface area contributed by atoms with Gasteiger partial charge < -0.3 is 10.4 Å². The molecule has 2 rings (SSSR count). The Morgan fingerprint density at radius 3 is 2.71 bits per heavy atom. The zero-order chi connectivity index (χ0) is 12.3. The fourth-order valence-electron chi connectivity index (χ4n) is 2.35. The van der Waals surface area contributed by atoms with E-state index in [1.165, 1.54) is 0 Å². The largest absolute Gasteiger partial charge is 0.387 e. The predicted octanol–water partition coefficient (Wildman–Crippen LogP) is 1.40. The van der Waals surface area contributed by atoms with Gasteiger partial charge in [-0.25, -0.2) is 0 Å². The van der Waals surface area contributed by atoms with Crippen LogP contribution in [0.1, 0.15) is 25.5 Å². The van der Waals surface area contributed by atoms with Crippen molar-refractivity contribution in [3.05, 3.63) is 35.9 Å². The molecule has 1 aliphatic rings. The van der Waals surface area contributed by atoms with E-state index in [0.29, 0.717) is 6.54 Å². The average molecular weight is 234 g/mol. The van der Waals surface area contributed by atoms with Crippen LogP contribution in [0.3, 0.4) is 0 Å². The maximum absolute atomic E-state index is 10.2. The Morgan fingerprint density at radius 2 is 2.06 bits per heavy atom. The summed E-state index contributed by atoms with van der Waals surface area (Å²) in [6.07, 6.45) is -0.395. The monoisotopic (exact) mass is 234 g/mol. The molecule has 3 heteroatoms. The number of rotatable bonds is 3. The number of nitrogens with one attached hydrogen (secondary N) is 1. The summed E-state index contributed by atoms with van der Waals surface area (Å²) >= 11 is 0. The summed E-state index contributed by atoms with van der Waals surface area (Å²) < 4.78 is 0. The van der Waals surface area contributed by atoms with E-state index in [9.17, 15) is 5.11 Å². The van der Waals surface area contributed by atoms with Gasteiger partial charge in [-0.2, -0.15) is 0 Å². The predicted molar refractivity (Wildman–Crippen MR) is 69.9 cm³/mol. The molecule has 1 atom stereocenters. The first kappa shape index (κ1) is 12.6. The maximum Gasteiger partial charge on any atom is 0.0917 e. The highest BCUT2D eigenvalue weighted by Crippen LogP contribution is 2.21. The quantitative estimate of drug-likeness (QED) is 0.830. The molecule has 2 N–H and O–H groups in total. The second-order valence-corrected chi connectivity index (χ2v) is 5.36. The van der Waals surface area contributed by atoms with Gasteiger partial charge in [0.1, 0.15) is 0 Å². The third-order valence-electron chi connectivity index (χ3n) is 3.55. The van der Waals surface area contributed by atoms with Crippen LogP contribution in [0.2, 0.25) is 0 Å². The number of aliphatic hydroxyl groups is 1. The molecule has 94 valence electrons. The Balaban J connectivity index is 2.00. The van der Waals surface area contributed by atoms with Crippen molar-refractivity contribution >= 4 is 0 Å². The summed E-state index contributed by atoms with van der Waals surface area (Å²) in [4.78, 5) is 2.36. The molecule has 0 saturated carbocycles. The Bertz CT molecular complexity index is 350. The molecule has 0 aliphatic carbocycles. The van der Waals surface area contributed by atoms with Crippen molar-refractivity contribution < 1.29 is 5.11 Å². The highest BCUT2D eigenvalue weighted by molar-refractivity contribution is 5.17. The lowest BCUT2D eigenvalue weighted by atomic mass is 9.98. The van der Waals surface area contributed by atoms with Crippen molar-refractivity contribution in [3.63, 3.8) is 0 Å². The van der Waals surface area contributed by atoms with Crippen LogP contribution in [0.25, 0.3) is 0 Å². The molecule has 0 radical (unpaired) electrons. The van der Waals surface area contributed by atoms with Crippen molar-refractivity contribution in [1.82, 2.24) is 10.2 Å². The third kappa shape index (κ3) is 3.06. The lowest BCUT2D eigenvalue weighted by molar-refractivity contribution is 0.0341. The molecule has 1 heterocycles. The molecule has 0 bridgehead atoms. The van der Waals surface area contributed by atoms with E-state index in [1.807, 2.05) is 30.3 Å². The molecular formula is C14H22N2O. The zero-order valence-corrected chi connectivity index (χ0v) is 10.7. The zero-order valence-electron chi connectivity index (χ0n) is 10.7. The highest BCUT2D eigenvalue weighted by atomic mass is 16.3. The van der Waals surface area contributed by atoms with Gasteiger partial charge in [0.25, 0.3) is 0 Å². The van der Waals surface area contributed by atoms with Crippen molar-refractivity contribution in [1.29, 1.82) is 0 Å². The Morgan fingerprint density at radius 1 is 1.35 bits per heavy atom. The van der Waals surface area contributed by atoms with Crippen LogP contribution < -0.4 is 5.32 Å². The summed E-state index contributed by atoms with van der Waals surface area (Å²) in [6, 6.07) is 9.90. The molecule has 1 aliphatic heterocycles. The Labute approximate surface area is 103 Å². The standard InChI is InChI=1S/C14H22N2O/c1-14(2)11-15-8-9-16(14)10-13(17)12-6-4-3-5-7-12/h3-7,13,15,17H,8-11H2,1-2H3. The topological polar surface area (TPSA) is 35.5 Å². The molecule has 3 nitrogen and oxygen atoms in total. The van der Waals surface area contributed by atoms with Gasteiger partial charge in [-0.1, -0.05) is 30.3 Å². The number of nitrogens with zero attached hydrogens (tertiary/aromatic N) is 1. The van der Waals surface area contributed by atoms with Gasteiger partial charge in [0.05, 0.1) is 6.10 Å². The minimum absolute atomic E-state index is 0.119. The molecular weight excluding hydrogens is 212 g/mol. The second-order valence-electron chi connectivity index (χ2n) is 5.36. The van der Waals surface area contributed by atoms with Gasteiger partial charge in [0.2, 0.25) is 0 Å². The number of benzene rings is 1.